The SMILES string of the molecule is [2H]c1c([2H])c([2H])c(-c2cc(-c3c([2H])c([2H])c4c(c3[2H])C(C([2H])([2H])[2H])(C([2H])([2H])[2H])CC4(C([2H])([2H])[2H])C([2H])([2H])[2H])c(-[n+]3[c-]n(-c4[c-]c(Oc5[c-]c6c(cc5)c5ccccc5n6-c5cc(C([2H])([2H])[2H])c(-c6c([2H])c([2H])c([2H])c([2H])c6[2H])cn5)ccc4)c4cc(-c5c(C([2H])([2H])[2H])cccc5C([2H])([2H])[2H])ccc43)c([Si](c3c([2H])c([2H])c([2H])c([2H])c3[2H])(c3c([2H])c([2H])c([2H])c([2H])c3[2H])c3c([2H])c([2H])c([2H])c([2H])c3[2H])c2)c([2H])c1[2H].[Pt]. The molecule has 1 aliphatic carbocycles. The van der Waals surface area contributed by atoms with E-state index in [0.29, 0.717) is 28.4 Å². The van der Waals surface area contributed by atoms with E-state index in [1.54, 1.807) is 30.3 Å². The minimum Gasteiger partial charge on any atom is -0.510 e. The number of ether oxygens (including phenoxy) is 1. The third kappa shape index (κ3) is 10.5. The number of aryl methyl sites for hydroxylation is 3. The number of para-hydroxylation sites is 1. The number of nitrogens with zero attached hydrogens (tertiary/aromatic N) is 4. The molecule has 3 aromatic heterocycles. The van der Waals surface area contributed by atoms with Gasteiger partial charge in [-0.25, -0.2) is 4.98 Å². The molecule has 464 valence electrons. The average molecular weight is 1470 g/mol. The summed E-state index contributed by atoms with van der Waals surface area (Å²) >= 11 is 0. The summed E-state index contributed by atoms with van der Waals surface area (Å²) in [4.78, 5) is 4.64. The van der Waals surface area contributed by atoms with E-state index < -0.39 is 341 Å². The summed E-state index contributed by atoms with van der Waals surface area (Å²) in [6, 6.07) is -7.74. The third-order valence-electron chi connectivity index (χ3n) is 16.3. The first-order valence-electron chi connectivity index (χ1n) is 53.1. The van der Waals surface area contributed by atoms with Crippen LogP contribution in [0.15, 0.2) is 285 Å². The summed E-state index contributed by atoms with van der Waals surface area (Å²) < 4.78 is 471. The Morgan fingerprint density at radius 2 is 1.15 bits per heavy atom. The molecule has 0 saturated carbocycles. The summed E-state index contributed by atoms with van der Waals surface area (Å²) in [5.41, 5.74) is -21.6. The molecule has 0 bridgehead atoms. The normalized spacial score (nSPS) is 21.6. The van der Waals surface area contributed by atoms with Crippen molar-refractivity contribution in [2.24, 2.45) is 0 Å². The molecular weight excluding hydrogens is 1350 g/mol. The zero-order chi connectivity index (χ0) is 106. The molecule has 0 N–H and O–H groups in total. The number of benzene rings is 12. The second kappa shape index (κ2) is 24.3. The van der Waals surface area contributed by atoms with Crippen LogP contribution in [0.3, 0.4) is 0 Å². The quantitative estimate of drug-likeness (QED) is 0.0499. The smallest absolute Gasteiger partial charge is 0.268 e. The Labute approximate surface area is 641 Å². The number of rotatable bonds is 13. The van der Waals surface area contributed by atoms with E-state index in [0.717, 1.165) is 57.8 Å². The van der Waals surface area contributed by atoms with Gasteiger partial charge in [-0.3, -0.25) is 4.57 Å². The van der Waals surface area contributed by atoms with Crippen molar-refractivity contribution in [1.29, 1.82) is 0 Å². The third-order valence-corrected chi connectivity index (χ3v) is 20.5. The summed E-state index contributed by atoms with van der Waals surface area (Å²) in [6.45, 7) is -26.6. The van der Waals surface area contributed by atoms with E-state index in [2.05, 4.69) is 23.4 Å². The number of aromatic nitrogens is 4. The number of imidazole rings is 1. The molecule has 16 rings (SSSR count). The van der Waals surface area contributed by atoms with Gasteiger partial charge in [-0.2, -0.15) is 18.2 Å². The monoisotopic (exact) mass is 1470 g/mol. The van der Waals surface area contributed by atoms with Gasteiger partial charge in [0.05, 0.1) is 55.1 Å². The first kappa shape index (κ1) is 27.2. The van der Waals surface area contributed by atoms with Gasteiger partial charge >= 0.3 is 0 Å². The van der Waals surface area contributed by atoms with Crippen LogP contribution in [0.4, 0.5) is 0 Å². The second-order valence-electron chi connectivity index (χ2n) is 21.9. The predicted molar refractivity (Wildman–Crippen MR) is 390 cm³/mol. The molecule has 95 heavy (non-hydrogen) atoms. The van der Waals surface area contributed by atoms with Gasteiger partial charge < -0.3 is 13.9 Å². The molecule has 7 heteroatoms. The molecule has 12 aromatic carbocycles. The maximum absolute atomic E-state index is 11.0. The molecule has 0 unspecified atom stereocenters. The molecular formula is C88H70N4OPtSi-2. The Bertz CT molecular complexity index is 7670. The summed E-state index contributed by atoms with van der Waals surface area (Å²) in [5, 5.41) is -4.49. The Balaban J connectivity index is 0.0000156. The van der Waals surface area contributed by atoms with Gasteiger partial charge in [-0.15, -0.1) is 29.7 Å². The minimum absolute atomic E-state index is 0. The Kier molecular flexibility index (Phi) is 6.96. The van der Waals surface area contributed by atoms with Crippen LogP contribution in [-0.2, 0) is 31.9 Å². The van der Waals surface area contributed by atoms with E-state index in [-0.39, 0.29) is 60.7 Å². The van der Waals surface area contributed by atoms with Crippen LogP contribution in [0.1, 0.15) is 129 Å². The van der Waals surface area contributed by atoms with Crippen molar-refractivity contribution < 1.29 is 97.5 Å². The summed E-state index contributed by atoms with van der Waals surface area (Å²) in [6.07, 6.45) is 2.03. The van der Waals surface area contributed by atoms with Crippen molar-refractivity contribution in [2.45, 2.75) is 65.2 Å². The van der Waals surface area contributed by atoms with Crippen LogP contribution in [-0.4, -0.2) is 22.2 Å². The van der Waals surface area contributed by atoms with Gasteiger partial charge in [-0.1, -0.05) is 257 Å². The van der Waals surface area contributed by atoms with Gasteiger partial charge in [0.2, 0.25) is 0 Å². The Morgan fingerprint density at radius 3 is 1.82 bits per heavy atom. The molecule has 15 aromatic rings. The van der Waals surface area contributed by atoms with Gasteiger partial charge in [0, 0.05) is 78.6 Å². The van der Waals surface area contributed by atoms with Crippen LogP contribution in [0, 0.1) is 39.0 Å². The molecule has 0 radical (unpaired) electrons. The number of pyridine rings is 1. The van der Waals surface area contributed by atoms with Gasteiger partial charge in [0.1, 0.15) is 5.82 Å². The van der Waals surface area contributed by atoms with E-state index in [1.165, 1.54) is 28.8 Å². The molecule has 3 heterocycles. The first-order chi connectivity index (χ1) is 66.1. The topological polar surface area (TPSA) is 35.9 Å². The molecule has 1 aliphatic rings. The average Bonchev–Trinajstić information content (AvgIpc) is 1.48. The zero-order valence-electron chi connectivity index (χ0n) is 97.7. The fourth-order valence-corrected chi connectivity index (χ4v) is 16.3. The van der Waals surface area contributed by atoms with E-state index in [9.17, 15) is 46.6 Å². The molecule has 0 saturated heterocycles. The number of hydrogen-bond donors (Lipinski definition) is 0. The van der Waals surface area contributed by atoms with Gasteiger partial charge in [0.25, 0.3) is 6.33 Å². The molecule has 0 spiro atoms. The summed E-state index contributed by atoms with van der Waals surface area (Å²) in [7, 11) is -7.22. The van der Waals surface area contributed by atoms with E-state index >= 15 is 0 Å². The Morgan fingerprint density at radius 1 is 0.516 bits per heavy atom. The molecule has 5 nitrogen and oxygen atoms in total. The van der Waals surface area contributed by atoms with Crippen LogP contribution >= 0.6 is 0 Å². The van der Waals surface area contributed by atoms with Crippen molar-refractivity contribution in [3.63, 3.8) is 0 Å². The fraction of sp³-hybridized carbons (Fsp3) is 0.114. The minimum atomic E-state index is -7.22. The zero-order valence-corrected chi connectivity index (χ0v) is 52.0. The van der Waals surface area contributed by atoms with Gasteiger partial charge in [0.15, 0.2) is 8.07 Å². The van der Waals surface area contributed by atoms with Crippen molar-refractivity contribution in [3.8, 4) is 73.2 Å². The maximum Gasteiger partial charge on any atom is 0.268 e. The van der Waals surface area contributed by atoms with Crippen LogP contribution in [0.2, 0.25) is 0 Å². The molecule has 0 fully saturated rings. The van der Waals surface area contributed by atoms with E-state index in [4.69, 9.17) is 25.3 Å². The molecule has 0 amide bonds. The van der Waals surface area contributed by atoms with Crippen LogP contribution in [0.5, 0.6) is 11.5 Å². The largest absolute Gasteiger partial charge is 0.510 e. The number of fused-ring (bicyclic) bond motifs is 5. The first-order valence-corrected chi connectivity index (χ1v) is 30.6. The molecule has 0 aliphatic heterocycles. The summed E-state index contributed by atoms with van der Waals surface area (Å²) in [5.74, 6) is -0.687. The van der Waals surface area contributed by atoms with Crippen molar-refractivity contribution >= 4 is 61.7 Å². The van der Waals surface area contributed by atoms with Crippen molar-refractivity contribution in [3.05, 3.63) is 331 Å². The predicted octanol–water partition coefficient (Wildman–Crippen LogP) is 18.5. The van der Waals surface area contributed by atoms with Crippen molar-refractivity contribution in [1.82, 2.24) is 14.1 Å². The van der Waals surface area contributed by atoms with E-state index in [1.807, 2.05) is 0 Å². The van der Waals surface area contributed by atoms with Gasteiger partial charge in [-0.05, 0) is 161 Å². The van der Waals surface area contributed by atoms with Crippen LogP contribution in [0.25, 0.3) is 94.5 Å². The van der Waals surface area contributed by atoms with Crippen molar-refractivity contribution in [2.75, 3.05) is 0 Å². The molecule has 0 atom stereocenters. The number of hydrogen-bond acceptors (Lipinski definition) is 2. The second-order valence-corrected chi connectivity index (χ2v) is 25.4. The Hall–Kier alpha value is -10.2. The maximum atomic E-state index is 11.0. The van der Waals surface area contributed by atoms with Crippen LogP contribution < -0.4 is 30.1 Å². The standard InChI is InChI=1S/C88H70N4OSi.Pt/c1-59-27-25-28-60(2)85(59)65-44-48-80-82(52-65)90(67-33-26-34-68(54-67)93-69-45-46-74-73-41-23-24-42-79(73)92(81(74)55-69)84-49-61(3)76(56-89-84)63-31-15-9-16-32-63)58-91(80)86-75(64-43-47-77-78(51-64)88(6,7)57-87(77,4)5)50-66(62-29-13-8-14-30-62)53-83(86)94(70-35-17-10-18-36-70,71-37-19-11-20-38-71)72-39-21-12-22-40-72;/h8-53,56H,57H2,1-7H3;/q-2;/i1D3,2D3,3D3,4D3,5D3,6D3,7D3,8D,9D,10D,11D,12D,13D,14D,15D,16D,17D,18D,19D,20D,21D,22D,29D,30D,31D,32D,35D,36D,37D,38D,39D,40D,43D,47D,51D;. The fourth-order valence-electron chi connectivity index (χ4n) is 12.3.